The largest absolute Gasteiger partial charge is 0.454 e. The average Bonchev–Trinajstić information content (AvgIpc) is 3.02. The maximum Gasteiger partial charge on any atom is 0.357 e. The Morgan fingerprint density at radius 1 is 1.18 bits per heavy atom. The number of hydrogen-bond acceptors (Lipinski definition) is 5. The summed E-state index contributed by atoms with van der Waals surface area (Å²) in [6.07, 6.45) is 1.50. The predicted octanol–water partition coefficient (Wildman–Crippen LogP) is 3.23. The summed E-state index contributed by atoms with van der Waals surface area (Å²) in [7, 11) is 0. The van der Waals surface area contributed by atoms with Gasteiger partial charge in [-0.25, -0.2) is 14.2 Å². The van der Waals surface area contributed by atoms with E-state index in [2.05, 4.69) is 10.1 Å². The highest BCUT2D eigenvalue weighted by atomic mass is 19.1. The van der Waals surface area contributed by atoms with E-state index in [0.717, 1.165) is 0 Å². The molecule has 0 spiro atoms. The minimum absolute atomic E-state index is 0.0760. The fourth-order valence-corrected chi connectivity index (χ4v) is 1.86. The molecule has 0 aliphatic rings. The summed E-state index contributed by atoms with van der Waals surface area (Å²) in [5, 5.41) is 3.76. The lowest BCUT2D eigenvalue weighted by Gasteiger charge is -2.00. The minimum Gasteiger partial charge on any atom is -0.454 e. The number of hydrogen-bond donors (Lipinski definition) is 0. The second-order valence-corrected chi connectivity index (χ2v) is 4.45. The fourth-order valence-electron chi connectivity index (χ4n) is 1.86. The van der Waals surface area contributed by atoms with Gasteiger partial charge in [-0.05, 0) is 24.3 Å². The Labute approximate surface area is 125 Å². The predicted molar refractivity (Wildman–Crippen MR) is 75.3 cm³/mol. The molecule has 2 aromatic heterocycles. The van der Waals surface area contributed by atoms with Crippen LogP contribution in [0.15, 0.2) is 59.3 Å². The van der Waals surface area contributed by atoms with E-state index in [9.17, 15) is 9.18 Å². The normalized spacial score (nSPS) is 10.4. The van der Waals surface area contributed by atoms with Gasteiger partial charge in [-0.2, -0.15) is 0 Å². The van der Waals surface area contributed by atoms with Crippen molar-refractivity contribution in [2.45, 2.75) is 6.61 Å². The molecule has 0 atom stereocenters. The van der Waals surface area contributed by atoms with Crippen molar-refractivity contribution in [3.63, 3.8) is 0 Å². The third-order valence-electron chi connectivity index (χ3n) is 2.92. The SMILES string of the molecule is O=C(OCc1cc(-c2ccccc2F)on1)c1ccccn1. The van der Waals surface area contributed by atoms with Gasteiger partial charge < -0.3 is 9.26 Å². The van der Waals surface area contributed by atoms with Gasteiger partial charge in [0, 0.05) is 12.3 Å². The Morgan fingerprint density at radius 2 is 2.00 bits per heavy atom. The summed E-state index contributed by atoms with van der Waals surface area (Å²) >= 11 is 0. The summed E-state index contributed by atoms with van der Waals surface area (Å²) < 4.78 is 23.8. The number of rotatable bonds is 4. The molecule has 0 saturated carbocycles. The summed E-state index contributed by atoms with van der Waals surface area (Å²) in [4.78, 5) is 15.6. The number of nitrogens with zero attached hydrogens (tertiary/aromatic N) is 2. The lowest BCUT2D eigenvalue weighted by Crippen LogP contribution is -2.06. The van der Waals surface area contributed by atoms with Crippen molar-refractivity contribution in [2.24, 2.45) is 0 Å². The first kappa shape index (κ1) is 13.9. The summed E-state index contributed by atoms with van der Waals surface area (Å²) in [6, 6.07) is 12.7. The van der Waals surface area contributed by atoms with Gasteiger partial charge in [0.1, 0.15) is 23.8 Å². The Hall–Kier alpha value is -3.02. The van der Waals surface area contributed by atoms with Crippen LogP contribution in [0.2, 0.25) is 0 Å². The molecule has 0 N–H and O–H groups in total. The first-order valence-electron chi connectivity index (χ1n) is 6.52. The Bertz CT molecular complexity index is 787. The molecule has 6 heteroatoms. The highest BCUT2D eigenvalue weighted by Gasteiger charge is 2.13. The van der Waals surface area contributed by atoms with Crippen molar-refractivity contribution < 1.29 is 18.4 Å². The molecule has 0 fully saturated rings. The van der Waals surface area contributed by atoms with Crippen LogP contribution in [0.5, 0.6) is 0 Å². The molecule has 0 radical (unpaired) electrons. The molecule has 0 unspecified atom stereocenters. The van der Waals surface area contributed by atoms with Crippen LogP contribution in [0.3, 0.4) is 0 Å². The molecule has 0 aliphatic heterocycles. The van der Waals surface area contributed by atoms with Crippen molar-refractivity contribution in [3.05, 3.63) is 71.9 Å². The minimum atomic E-state index is -0.559. The van der Waals surface area contributed by atoms with E-state index in [1.54, 1.807) is 36.4 Å². The third-order valence-corrected chi connectivity index (χ3v) is 2.92. The molecule has 0 saturated heterocycles. The molecular formula is C16H11FN2O3. The van der Waals surface area contributed by atoms with Gasteiger partial charge in [-0.1, -0.05) is 23.4 Å². The van der Waals surface area contributed by atoms with Crippen LogP contribution in [-0.4, -0.2) is 16.1 Å². The zero-order valence-corrected chi connectivity index (χ0v) is 11.4. The third kappa shape index (κ3) is 3.01. The smallest absolute Gasteiger partial charge is 0.357 e. The quantitative estimate of drug-likeness (QED) is 0.692. The zero-order valence-electron chi connectivity index (χ0n) is 11.4. The van der Waals surface area contributed by atoms with Crippen molar-refractivity contribution in [3.8, 4) is 11.3 Å². The number of aromatic nitrogens is 2. The van der Waals surface area contributed by atoms with Gasteiger partial charge in [0.25, 0.3) is 0 Å². The molecule has 1 aromatic carbocycles. The summed E-state index contributed by atoms with van der Waals surface area (Å²) in [6.45, 7) is -0.0760. The molecule has 0 aliphatic carbocycles. The number of pyridine rings is 1. The van der Waals surface area contributed by atoms with Crippen molar-refractivity contribution in [1.29, 1.82) is 0 Å². The maximum absolute atomic E-state index is 13.6. The van der Waals surface area contributed by atoms with Crippen LogP contribution < -0.4 is 0 Å². The van der Waals surface area contributed by atoms with Crippen molar-refractivity contribution >= 4 is 5.97 Å². The van der Waals surface area contributed by atoms with Crippen LogP contribution in [0.25, 0.3) is 11.3 Å². The molecule has 3 aromatic rings. The Morgan fingerprint density at radius 3 is 2.77 bits per heavy atom. The van der Waals surface area contributed by atoms with E-state index in [-0.39, 0.29) is 18.1 Å². The molecule has 0 amide bonds. The Balaban J connectivity index is 1.68. The first-order chi connectivity index (χ1) is 10.7. The standard InChI is InChI=1S/C16H11FN2O3/c17-13-6-2-1-5-12(13)15-9-11(19-22-15)10-21-16(20)14-7-3-4-8-18-14/h1-9H,10H2. The number of esters is 1. The lowest BCUT2D eigenvalue weighted by molar-refractivity contribution is 0.0457. The van der Waals surface area contributed by atoms with E-state index in [4.69, 9.17) is 9.26 Å². The second-order valence-electron chi connectivity index (χ2n) is 4.45. The molecule has 22 heavy (non-hydrogen) atoms. The van der Waals surface area contributed by atoms with E-state index < -0.39 is 11.8 Å². The molecular weight excluding hydrogens is 287 g/mol. The molecule has 110 valence electrons. The number of ether oxygens (including phenoxy) is 1. The zero-order chi connectivity index (χ0) is 15.4. The topological polar surface area (TPSA) is 65.2 Å². The number of benzene rings is 1. The van der Waals surface area contributed by atoms with Gasteiger partial charge in [0.05, 0.1) is 5.56 Å². The average molecular weight is 298 g/mol. The highest BCUT2D eigenvalue weighted by Crippen LogP contribution is 2.23. The van der Waals surface area contributed by atoms with E-state index in [1.165, 1.54) is 18.3 Å². The number of carbonyl (C=O) groups excluding carboxylic acids is 1. The van der Waals surface area contributed by atoms with Gasteiger partial charge in [-0.15, -0.1) is 0 Å². The van der Waals surface area contributed by atoms with Crippen LogP contribution in [-0.2, 0) is 11.3 Å². The number of halogens is 1. The first-order valence-corrected chi connectivity index (χ1v) is 6.52. The monoisotopic (exact) mass is 298 g/mol. The Kier molecular flexibility index (Phi) is 3.91. The lowest BCUT2D eigenvalue weighted by atomic mass is 10.1. The van der Waals surface area contributed by atoms with Crippen molar-refractivity contribution in [2.75, 3.05) is 0 Å². The van der Waals surface area contributed by atoms with Crippen molar-refractivity contribution in [1.82, 2.24) is 10.1 Å². The van der Waals surface area contributed by atoms with Gasteiger partial charge in [-0.3, -0.25) is 0 Å². The van der Waals surface area contributed by atoms with E-state index >= 15 is 0 Å². The van der Waals surface area contributed by atoms with E-state index in [0.29, 0.717) is 11.3 Å². The molecule has 5 nitrogen and oxygen atoms in total. The van der Waals surface area contributed by atoms with Crippen LogP contribution in [0, 0.1) is 5.82 Å². The maximum atomic E-state index is 13.6. The fraction of sp³-hybridized carbons (Fsp3) is 0.0625. The highest BCUT2D eigenvalue weighted by molar-refractivity contribution is 5.87. The van der Waals surface area contributed by atoms with Crippen LogP contribution in [0.1, 0.15) is 16.2 Å². The van der Waals surface area contributed by atoms with Crippen LogP contribution >= 0.6 is 0 Å². The van der Waals surface area contributed by atoms with Crippen LogP contribution in [0.4, 0.5) is 4.39 Å². The molecule has 0 bridgehead atoms. The second kappa shape index (κ2) is 6.17. The summed E-state index contributed by atoms with van der Waals surface area (Å²) in [5.41, 5.74) is 0.903. The molecule has 2 heterocycles. The summed E-state index contributed by atoms with van der Waals surface area (Å²) in [5.74, 6) is -0.686. The van der Waals surface area contributed by atoms with Gasteiger partial charge in [0.15, 0.2) is 5.76 Å². The van der Waals surface area contributed by atoms with Gasteiger partial charge in [0.2, 0.25) is 0 Å². The molecule has 3 rings (SSSR count). The van der Waals surface area contributed by atoms with E-state index in [1.807, 2.05) is 0 Å². The number of carbonyl (C=O) groups is 1. The van der Waals surface area contributed by atoms with Gasteiger partial charge >= 0.3 is 5.97 Å².